The molecule has 0 radical (unpaired) electrons. The molecule has 0 nitrogen and oxygen atoms in total. The Morgan fingerprint density at radius 1 is 0.708 bits per heavy atom. The summed E-state index contributed by atoms with van der Waals surface area (Å²) in [6, 6.07) is 0. The fourth-order valence-corrected chi connectivity index (χ4v) is 48.7. The van der Waals surface area contributed by atoms with Crippen molar-refractivity contribution in [1.82, 2.24) is 0 Å². The molecule has 0 aromatic heterocycles. The van der Waals surface area contributed by atoms with Gasteiger partial charge >= 0.3 is 154 Å². The molecule has 5 aliphatic rings. The van der Waals surface area contributed by atoms with E-state index in [1.54, 1.807) is 0 Å². The van der Waals surface area contributed by atoms with E-state index >= 15 is 0 Å². The number of hydrogen-bond acceptors (Lipinski definition) is 0. The SMILES string of the molecule is C[Si]1(C)C2CC3C=CC=CC3[CH]2[Hf]([CH3])([CH3])[CH]2C3C=CC=CC3CC21. The Balaban J connectivity index is 1.62. The van der Waals surface area contributed by atoms with Crippen molar-refractivity contribution in [2.45, 2.75) is 53.7 Å². The van der Waals surface area contributed by atoms with Gasteiger partial charge in [0.15, 0.2) is 0 Å². The van der Waals surface area contributed by atoms with E-state index in [4.69, 9.17) is 0 Å². The number of rotatable bonds is 0. The van der Waals surface area contributed by atoms with Crippen LogP contribution in [0.15, 0.2) is 48.6 Å². The molecule has 1 saturated heterocycles. The third-order valence-electron chi connectivity index (χ3n) is 8.97. The molecule has 1 aliphatic heterocycles. The van der Waals surface area contributed by atoms with Gasteiger partial charge in [0, 0.05) is 0 Å². The normalized spacial score (nSPS) is 51.8. The van der Waals surface area contributed by atoms with Crippen molar-refractivity contribution in [1.29, 1.82) is 0 Å². The molecule has 0 aromatic rings. The monoisotopic (exact) mass is 504 g/mol. The zero-order chi connectivity index (χ0) is 16.7. The Morgan fingerprint density at radius 2 is 1.12 bits per heavy atom. The zero-order valence-corrected chi connectivity index (χ0v) is 20.2. The quantitative estimate of drug-likeness (QED) is 0.319. The molecule has 0 bridgehead atoms. The van der Waals surface area contributed by atoms with Gasteiger partial charge in [0.2, 0.25) is 0 Å². The number of allylic oxidation sites excluding steroid dienone is 8. The maximum absolute atomic E-state index is 2.87. The van der Waals surface area contributed by atoms with Gasteiger partial charge in [-0.05, 0) is 0 Å². The fourth-order valence-electron chi connectivity index (χ4n) is 8.06. The van der Waals surface area contributed by atoms with Gasteiger partial charge in [0.25, 0.3) is 0 Å². The molecule has 8 atom stereocenters. The molecule has 2 saturated carbocycles. The van der Waals surface area contributed by atoms with Gasteiger partial charge in [-0.25, -0.2) is 0 Å². The van der Waals surface area contributed by atoms with E-state index in [9.17, 15) is 0 Å². The molecule has 24 heavy (non-hydrogen) atoms. The fraction of sp³-hybridized carbons (Fsp3) is 0.636. The predicted molar refractivity (Wildman–Crippen MR) is 104 cm³/mol. The van der Waals surface area contributed by atoms with Crippen molar-refractivity contribution >= 4 is 8.07 Å². The number of hydrogen-bond donors (Lipinski definition) is 0. The summed E-state index contributed by atoms with van der Waals surface area (Å²) < 4.78 is 8.00. The summed E-state index contributed by atoms with van der Waals surface area (Å²) in [6.45, 7) is 5.59. The Labute approximate surface area is 153 Å². The van der Waals surface area contributed by atoms with Crippen LogP contribution in [0.25, 0.3) is 0 Å². The van der Waals surface area contributed by atoms with Crippen LogP contribution in [0.2, 0.25) is 40.9 Å². The van der Waals surface area contributed by atoms with Crippen molar-refractivity contribution in [3.05, 3.63) is 48.6 Å². The van der Waals surface area contributed by atoms with Crippen LogP contribution in [0.3, 0.4) is 0 Å². The van der Waals surface area contributed by atoms with Crippen LogP contribution < -0.4 is 0 Å². The summed E-state index contributed by atoms with van der Waals surface area (Å²) in [5.74, 6) is 3.58. The van der Waals surface area contributed by atoms with Crippen molar-refractivity contribution in [2.24, 2.45) is 23.7 Å². The Morgan fingerprint density at radius 3 is 1.58 bits per heavy atom. The zero-order valence-electron chi connectivity index (χ0n) is 15.7. The first-order chi connectivity index (χ1) is 11.4. The van der Waals surface area contributed by atoms with Crippen LogP contribution in [-0.4, -0.2) is 8.07 Å². The summed E-state index contributed by atoms with van der Waals surface area (Å²) in [6.07, 6.45) is 22.9. The van der Waals surface area contributed by atoms with Crippen LogP contribution in [0.5, 0.6) is 0 Å². The summed E-state index contributed by atoms with van der Waals surface area (Å²) in [4.78, 5) is 0. The second kappa shape index (κ2) is 5.28. The first-order valence-electron chi connectivity index (χ1n) is 10.1. The average Bonchev–Trinajstić information content (AvgIpc) is 3.14. The summed E-state index contributed by atoms with van der Waals surface area (Å²) >= 11 is -2.35. The van der Waals surface area contributed by atoms with E-state index in [2.05, 4.69) is 71.1 Å². The van der Waals surface area contributed by atoms with Crippen LogP contribution in [0.4, 0.5) is 0 Å². The van der Waals surface area contributed by atoms with Gasteiger partial charge in [-0.3, -0.25) is 0 Å². The summed E-state index contributed by atoms with van der Waals surface area (Å²) in [5, 5.41) is 0. The first kappa shape index (κ1) is 16.2. The van der Waals surface area contributed by atoms with Crippen molar-refractivity contribution in [3.63, 3.8) is 0 Å². The second-order valence-corrected chi connectivity index (χ2v) is 33.4. The molecule has 0 aromatic carbocycles. The van der Waals surface area contributed by atoms with Gasteiger partial charge < -0.3 is 0 Å². The van der Waals surface area contributed by atoms with E-state index in [-0.39, 0.29) is 0 Å². The standard InChI is InChI=1S/C20H26Si.2CH3.Hf/c1-21(2,19-11-15-7-3-4-8-16(15)12-19)20-13-17-9-5-6-10-18(17)14-20;;;/h3-11,13,15-20H,12,14H2,1-2H3;2*1H3;. The van der Waals surface area contributed by atoms with Gasteiger partial charge in [-0.2, -0.15) is 0 Å². The van der Waals surface area contributed by atoms with Crippen LogP contribution in [0, 0.1) is 23.7 Å². The van der Waals surface area contributed by atoms with Crippen LogP contribution >= 0.6 is 0 Å². The van der Waals surface area contributed by atoms with E-state index in [1.807, 2.05) is 0 Å². The molecule has 0 amide bonds. The van der Waals surface area contributed by atoms with Gasteiger partial charge in [0.05, 0.1) is 0 Å². The molecular weight excluding hydrogens is 471 g/mol. The summed E-state index contributed by atoms with van der Waals surface area (Å²) in [7, 11) is -1.20. The first-order valence-corrected chi connectivity index (χ1v) is 24.6. The molecule has 1 heterocycles. The van der Waals surface area contributed by atoms with Crippen molar-refractivity contribution < 1.29 is 20.0 Å². The van der Waals surface area contributed by atoms with Crippen LogP contribution in [-0.2, 0) is 20.0 Å². The second-order valence-electron chi connectivity index (χ2n) is 10.4. The average molecular weight is 503 g/mol. The van der Waals surface area contributed by atoms with Gasteiger partial charge in [-0.1, -0.05) is 0 Å². The molecule has 0 N–H and O–H groups in total. The topological polar surface area (TPSA) is 0 Å². The Kier molecular flexibility index (Phi) is 3.57. The Hall–Kier alpha value is 0.0470. The molecular formula is C22H32HfSi. The third kappa shape index (κ3) is 1.99. The minimum atomic E-state index is -2.35. The van der Waals surface area contributed by atoms with E-state index in [0.29, 0.717) is 0 Å². The molecule has 8 unspecified atom stereocenters. The molecule has 2 heteroatoms. The van der Waals surface area contributed by atoms with E-state index in [1.165, 1.54) is 12.8 Å². The Bertz CT molecular complexity index is 613. The van der Waals surface area contributed by atoms with Crippen molar-refractivity contribution in [2.75, 3.05) is 0 Å². The van der Waals surface area contributed by atoms with Crippen LogP contribution in [0.1, 0.15) is 12.8 Å². The summed E-state index contributed by atoms with van der Waals surface area (Å²) in [5.41, 5.74) is 2.23. The van der Waals surface area contributed by atoms with Gasteiger partial charge in [0.1, 0.15) is 0 Å². The van der Waals surface area contributed by atoms with Gasteiger partial charge in [-0.15, -0.1) is 0 Å². The predicted octanol–water partition coefficient (Wildman–Crippen LogP) is 6.80. The van der Waals surface area contributed by atoms with E-state index in [0.717, 1.165) is 42.1 Å². The molecule has 128 valence electrons. The molecule has 3 fully saturated rings. The molecule has 5 rings (SSSR count). The maximum atomic E-state index is 2.87. The van der Waals surface area contributed by atoms with E-state index < -0.39 is 28.0 Å². The van der Waals surface area contributed by atoms with Crippen molar-refractivity contribution in [3.8, 4) is 0 Å². The third-order valence-corrected chi connectivity index (χ3v) is 34.4. The molecule has 4 aliphatic carbocycles. The molecule has 0 spiro atoms. The number of fused-ring (bicyclic) bond motifs is 6. The minimum absolute atomic E-state index is 0.882.